The van der Waals surface area contributed by atoms with E-state index in [1.165, 1.54) is 12.1 Å². The van der Waals surface area contributed by atoms with Crippen molar-refractivity contribution in [1.29, 1.82) is 0 Å². The topological polar surface area (TPSA) is 59.3 Å². The molecule has 0 spiro atoms. The Morgan fingerprint density at radius 2 is 1.84 bits per heavy atom. The van der Waals surface area contributed by atoms with Crippen molar-refractivity contribution in [3.63, 3.8) is 0 Å². The number of unbranched alkanes of at least 4 members (excludes halogenated alkanes) is 2. The third kappa shape index (κ3) is 5.03. The van der Waals surface area contributed by atoms with Crippen LogP contribution < -0.4 is 4.90 Å². The van der Waals surface area contributed by atoms with E-state index in [-0.39, 0.29) is 10.8 Å². The van der Waals surface area contributed by atoms with Crippen LogP contribution in [-0.4, -0.2) is 23.0 Å². The molecule has 1 heterocycles. The highest BCUT2D eigenvalue weighted by Crippen LogP contribution is 2.23. The molecule has 1 aromatic rings. The Hall–Kier alpha value is -1.36. The van der Waals surface area contributed by atoms with Crippen LogP contribution in [0.3, 0.4) is 0 Å². The fourth-order valence-electron chi connectivity index (χ4n) is 1.78. The first-order chi connectivity index (χ1) is 9.08. The summed E-state index contributed by atoms with van der Waals surface area (Å²) in [4.78, 5) is 16.7. The van der Waals surface area contributed by atoms with E-state index in [0.29, 0.717) is 5.82 Å². The first-order valence-corrected chi connectivity index (χ1v) is 7.03. The van der Waals surface area contributed by atoms with Crippen LogP contribution >= 0.6 is 11.6 Å². The molecule has 0 aliphatic carbocycles. The van der Waals surface area contributed by atoms with E-state index in [1.807, 2.05) is 0 Å². The Morgan fingerprint density at radius 1 is 1.26 bits per heavy atom. The van der Waals surface area contributed by atoms with Gasteiger partial charge in [-0.2, -0.15) is 0 Å². The minimum Gasteiger partial charge on any atom is -0.356 e. The van der Waals surface area contributed by atoms with Gasteiger partial charge in [-0.05, 0) is 12.8 Å². The maximum atomic E-state index is 10.9. The van der Waals surface area contributed by atoms with Crippen LogP contribution in [0.25, 0.3) is 0 Å². The summed E-state index contributed by atoms with van der Waals surface area (Å²) in [6, 6.07) is 2.78. The number of nitrogens with zero attached hydrogens (tertiary/aromatic N) is 3. The molecule has 0 saturated heterocycles. The number of pyridine rings is 1. The lowest BCUT2D eigenvalue weighted by atomic mass is 10.2. The number of hydrogen-bond donors (Lipinski definition) is 0. The van der Waals surface area contributed by atoms with Gasteiger partial charge in [-0.3, -0.25) is 10.1 Å². The minimum atomic E-state index is -0.436. The lowest BCUT2D eigenvalue weighted by Crippen LogP contribution is -2.26. The fourth-order valence-corrected chi connectivity index (χ4v) is 1.97. The first kappa shape index (κ1) is 15.7. The Kier molecular flexibility index (Phi) is 6.56. The highest BCUT2D eigenvalue weighted by atomic mass is 35.5. The van der Waals surface area contributed by atoms with Gasteiger partial charge in [-0.25, -0.2) is 4.98 Å². The van der Waals surface area contributed by atoms with Gasteiger partial charge in [0.05, 0.1) is 17.1 Å². The van der Waals surface area contributed by atoms with E-state index in [9.17, 15) is 10.1 Å². The van der Waals surface area contributed by atoms with Gasteiger partial charge in [0.15, 0.2) is 0 Å². The SMILES string of the molecule is CCCCN(CCCC)c1cc([N+](=O)[O-])cc(Cl)n1. The monoisotopic (exact) mass is 285 g/mol. The van der Waals surface area contributed by atoms with E-state index in [1.54, 1.807) is 0 Å². The summed E-state index contributed by atoms with van der Waals surface area (Å²) < 4.78 is 0. The predicted octanol–water partition coefficient (Wildman–Crippen LogP) is 4.05. The van der Waals surface area contributed by atoms with Crippen LogP contribution in [0.2, 0.25) is 5.15 Å². The Morgan fingerprint density at radius 3 is 2.32 bits per heavy atom. The van der Waals surface area contributed by atoms with Gasteiger partial charge in [0.1, 0.15) is 11.0 Å². The largest absolute Gasteiger partial charge is 0.356 e. The van der Waals surface area contributed by atoms with Crippen molar-refractivity contribution in [1.82, 2.24) is 4.98 Å². The molecular weight excluding hydrogens is 266 g/mol. The summed E-state index contributed by atoms with van der Waals surface area (Å²) in [5, 5.41) is 11.0. The molecule has 0 fully saturated rings. The fraction of sp³-hybridized carbons (Fsp3) is 0.615. The van der Waals surface area contributed by atoms with E-state index in [0.717, 1.165) is 38.8 Å². The van der Waals surface area contributed by atoms with Crippen LogP contribution in [0.15, 0.2) is 12.1 Å². The Bertz CT molecular complexity index is 418. The van der Waals surface area contributed by atoms with Crippen LogP contribution in [0.4, 0.5) is 11.5 Å². The average Bonchev–Trinajstić information content (AvgIpc) is 2.38. The number of rotatable bonds is 8. The summed E-state index contributed by atoms with van der Waals surface area (Å²) in [5.74, 6) is 0.598. The predicted molar refractivity (Wildman–Crippen MR) is 77.9 cm³/mol. The van der Waals surface area contributed by atoms with Crippen LogP contribution in [0.1, 0.15) is 39.5 Å². The Balaban J connectivity index is 2.95. The van der Waals surface area contributed by atoms with Crippen molar-refractivity contribution in [3.8, 4) is 0 Å². The molecule has 0 aromatic carbocycles. The lowest BCUT2D eigenvalue weighted by Gasteiger charge is -2.23. The van der Waals surface area contributed by atoms with Gasteiger partial charge in [-0.15, -0.1) is 0 Å². The number of aromatic nitrogens is 1. The van der Waals surface area contributed by atoms with Gasteiger partial charge in [0.25, 0.3) is 5.69 Å². The second kappa shape index (κ2) is 7.94. The third-order valence-electron chi connectivity index (χ3n) is 2.86. The zero-order chi connectivity index (χ0) is 14.3. The molecule has 0 unspecified atom stereocenters. The molecule has 0 atom stereocenters. The van der Waals surface area contributed by atoms with Crippen molar-refractivity contribution in [2.24, 2.45) is 0 Å². The van der Waals surface area contributed by atoms with Gasteiger partial charge in [0.2, 0.25) is 0 Å². The number of halogens is 1. The smallest absolute Gasteiger partial charge is 0.276 e. The molecule has 0 amide bonds. The summed E-state index contributed by atoms with van der Waals surface area (Å²) in [6.07, 6.45) is 4.22. The molecule has 0 saturated carbocycles. The van der Waals surface area contributed by atoms with Crippen molar-refractivity contribution in [3.05, 3.63) is 27.4 Å². The molecule has 1 rings (SSSR count). The molecule has 0 bridgehead atoms. The highest BCUT2D eigenvalue weighted by molar-refractivity contribution is 6.29. The van der Waals surface area contributed by atoms with E-state index in [2.05, 4.69) is 23.7 Å². The lowest BCUT2D eigenvalue weighted by molar-refractivity contribution is -0.384. The second-order valence-corrected chi connectivity index (χ2v) is 4.84. The van der Waals surface area contributed by atoms with Crippen LogP contribution in [0.5, 0.6) is 0 Å². The molecule has 0 radical (unpaired) electrons. The van der Waals surface area contributed by atoms with Crippen molar-refractivity contribution < 1.29 is 4.92 Å². The highest BCUT2D eigenvalue weighted by Gasteiger charge is 2.14. The van der Waals surface area contributed by atoms with Crippen LogP contribution in [-0.2, 0) is 0 Å². The average molecular weight is 286 g/mol. The number of anilines is 1. The molecular formula is C13H20ClN3O2. The van der Waals surface area contributed by atoms with Gasteiger partial charge < -0.3 is 4.90 Å². The van der Waals surface area contributed by atoms with Gasteiger partial charge in [0, 0.05) is 13.1 Å². The van der Waals surface area contributed by atoms with Crippen molar-refractivity contribution in [2.75, 3.05) is 18.0 Å². The van der Waals surface area contributed by atoms with E-state index in [4.69, 9.17) is 11.6 Å². The van der Waals surface area contributed by atoms with Gasteiger partial charge >= 0.3 is 0 Å². The minimum absolute atomic E-state index is 0.00648. The Labute approximate surface area is 118 Å². The number of nitro groups is 1. The quantitative estimate of drug-likeness (QED) is 0.411. The maximum absolute atomic E-state index is 10.9. The van der Waals surface area contributed by atoms with E-state index < -0.39 is 4.92 Å². The molecule has 1 aromatic heterocycles. The zero-order valence-corrected chi connectivity index (χ0v) is 12.2. The van der Waals surface area contributed by atoms with Crippen molar-refractivity contribution >= 4 is 23.1 Å². The summed E-state index contributed by atoms with van der Waals surface area (Å²) >= 11 is 5.86. The molecule has 0 N–H and O–H groups in total. The normalized spacial score (nSPS) is 10.5. The van der Waals surface area contributed by atoms with Crippen molar-refractivity contribution in [2.45, 2.75) is 39.5 Å². The molecule has 5 nitrogen and oxygen atoms in total. The van der Waals surface area contributed by atoms with Gasteiger partial charge in [-0.1, -0.05) is 38.3 Å². The summed E-state index contributed by atoms with van der Waals surface area (Å²) in [6.45, 7) is 5.93. The molecule has 6 heteroatoms. The summed E-state index contributed by atoms with van der Waals surface area (Å²) in [5.41, 5.74) is -0.00648. The van der Waals surface area contributed by atoms with Crippen LogP contribution in [0, 0.1) is 10.1 Å². The molecule has 0 aliphatic rings. The first-order valence-electron chi connectivity index (χ1n) is 6.65. The van der Waals surface area contributed by atoms with E-state index >= 15 is 0 Å². The molecule has 19 heavy (non-hydrogen) atoms. The zero-order valence-electron chi connectivity index (χ0n) is 11.4. The number of hydrogen-bond acceptors (Lipinski definition) is 4. The molecule has 0 aliphatic heterocycles. The molecule has 106 valence electrons. The standard InChI is InChI=1S/C13H20ClN3O2/c1-3-5-7-16(8-6-4-2)13-10-11(17(18)19)9-12(14)15-13/h9-10H,3-8H2,1-2H3. The second-order valence-electron chi connectivity index (χ2n) is 4.46. The summed E-state index contributed by atoms with van der Waals surface area (Å²) in [7, 11) is 0. The third-order valence-corrected chi connectivity index (χ3v) is 3.06. The maximum Gasteiger partial charge on any atom is 0.276 e.